The van der Waals surface area contributed by atoms with E-state index in [-0.39, 0.29) is 28.5 Å². The highest BCUT2D eigenvalue weighted by Crippen LogP contribution is 2.33. The van der Waals surface area contributed by atoms with Crippen molar-refractivity contribution in [3.05, 3.63) is 32.9 Å². The van der Waals surface area contributed by atoms with Crippen molar-refractivity contribution >= 4 is 33.2 Å². The van der Waals surface area contributed by atoms with Crippen molar-refractivity contribution < 1.29 is 9.18 Å². The molecule has 1 saturated heterocycles. The van der Waals surface area contributed by atoms with Gasteiger partial charge in [0.1, 0.15) is 5.82 Å². The van der Waals surface area contributed by atoms with E-state index < -0.39 is 5.82 Å². The summed E-state index contributed by atoms with van der Waals surface area (Å²) in [6, 6.07) is 2.66. The third-order valence-corrected chi connectivity index (χ3v) is 3.58. The molecular formula is C11H11BrFN5O. The lowest BCUT2D eigenvalue weighted by Crippen LogP contribution is -2.25. The van der Waals surface area contributed by atoms with Crippen molar-refractivity contribution in [2.24, 2.45) is 11.0 Å². The molecule has 100 valence electrons. The molecule has 1 atom stereocenters. The van der Waals surface area contributed by atoms with Crippen molar-refractivity contribution in [2.45, 2.75) is 6.42 Å². The number of carbonyl (C=O) groups excluding carboxylic acids is 1. The Morgan fingerprint density at radius 1 is 1.63 bits per heavy atom. The Kier molecular flexibility index (Phi) is 3.92. The van der Waals surface area contributed by atoms with Crippen LogP contribution in [-0.4, -0.2) is 19.0 Å². The van der Waals surface area contributed by atoms with Gasteiger partial charge in [-0.15, -0.1) is 0 Å². The molecule has 0 bridgehead atoms. The van der Waals surface area contributed by atoms with E-state index in [1.165, 1.54) is 17.0 Å². The van der Waals surface area contributed by atoms with E-state index in [1.807, 2.05) is 0 Å². The molecule has 1 unspecified atom stereocenters. The first kappa shape index (κ1) is 13.6. The first-order valence-electron chi connectivity index (χ1n) is 5.58. The number of hydrogen-bond acceptors (Lipinski definition) is 3. The molecule has 1 heterocycles. The summed E-state index contributed by atoms with van der Waals surface area (Å²) in [7, 11) is 0. The van der Waals surface area contributed by atoms with E-state index in [4.69, 9.17) is 11.3 Å². The van der Waals surface area contributed by atoms with Gasteiger partial charge in [-0.2, -0.15) is 0 Å². The van der Waals surface area contributed by atoms with Gasteiger partial charge in [0.15, 0.2) is 0 Å². The average Bonchev–Trinajstić information content (AvgIpc) is 2.72. The maximum atomic E-state index is 13.3. The Hall–Kier alpha value is -1.79. The molecule has 2 rings (SSSR count). The van der Waals surface area contributed by atoms with E-state index in [1.54, 1.807) is 0 Å². The number of nitrogens with two attached hydrogens (primary N) is 1. The summed E-state index contributed by atoms with van der Waals surface area (Å²) in [4.78, 5) is 16.1. The van der Waals surface area contributed by atoms with Crippen LogP contribution in [0.3, 0.4) is 0 Å². The Balaban J connectivity index is 2.25. The SMILES string of the molecule is [N-]=[N+]=NCC1CC(=O)N(c2cc(Br)c(F)cc2N)C1. The Bertz CT molecular complexity index is 572. The van der Waals surface area contributed by atoms with Gasteiger partial charge in [-0.05, 0) is 33.4 Å². The minimum absolute atomic E-state index is 0.0355. The number of nitrogens with zero attached hydrogens (tertiary/aromatic N) is 4. The number of carbonyl (C=O) groups is 1. The molecule has 19 heavy (non-hydrogen) atoms. The number of rotatable bonds is 3. The first-order valence-corrected chi connectivity index (χ1v) is 6.38. The van der Waals surface area contributed by atoms with E-state index in [0.717, 1.165) is 0 Å². The molecule has 1 aliphatic rings. The van der Waals surface area contributed by atoms with Crippen LogP contribution in [0.5, 0.6) is 0 Å². The highest BCUT2D eigenvalue weighted by atomic mass is 79.9. The van der Waals surface area contributed by atoms with Crippen molar-refractivity contribution in [1.82, 2.24) is 0 Å². The van der Waals surface area contributed by atoms with Gasteiger partial charge < -0.3 is 10.6 Å². The molecule has 1 amide bonds. The third-order valence-electron chi connectivity index (χ3n) is 2.97. The lowest BCUT2D eigenvalue weighted by atomic mass is 10.1. The van der Waals surface area contributed by atoms with E-state index in [0.29, 0.717) is 18.7 Å². The lowest BCUT2D eigenvalue weighted by Gasteiger charge is -2.19. The van der Waals surface area contributed by atoms with Crippen LogP contribution in [0.25, 0.3) is 10.4 Å². The highest BCUT2D eigenvalue weighted by molar-refractivity contribution is 9.10. The molecule has 6 nitrogen and oxygen atoms in total. The Morgan fingerprint density at radius 3 is 3.05 bits per heavy atom. The highest BCUT2D eigenvalue weighted by Gasteiger charge is 2.31. The number of hydrogen-bond donors (Lipinski definition) is 1. The van der Waals surface area contributed by atoms with Crippen LogP contribution < -0.4 is 10.6 Å². The number of nitrogen functional groups attached to an aromatic ring is 1. The minimum atomic E-state index is -0.474. The van der Waals surface area contributed by atoms with Gasteiger partial charge in [0, 0.05) is 30.5 Å². The number of amides is 1. The fraction of sp³-hybridized carbons (Fsp3) is 0.364. The van der Waals surface area contributed by atoms with E-state index >= 15 is 0 Å². The number of anilines is 2. The van der Waals surface area contributed by atoms with Crippen molar-refractivity contribution in [3.8, 4) is 0 Å². The van der Waals surface area contributed by atoms with Crippen LogP contribution in [-0.2, 0) is 4.79 Å². The molecule has 1 aliphatic heterocycles. The second-order valence-corrected chi connectivity index (χ2v) is 5.17. The summed E-state index contributed by atoms with van der Waals surface area (Å²) in [5.74, 6) is -0.617. The molecule has 2 N–H and O–H groups in total. The molecule has 1 fully saturated rings. The van der Waals surface area contributed by atoms with Crippen molar-refractivity contribution in [3.63, 3.8) is 0 Å². The molecule has 0 radical (unpaired) electrons. The zero-order chi connectivity index (χ0) is 14.0. The Labute approximate surface area is 117 Å². The maximum Gasteiger partial charge on any atom is 0.227 e. The van der Waals surface area contributed by atoms with Crippen molar-refractivity contribution in [2.75, 3.05) is 23.7 Å². The molecule has 1 aromatic carbocycles. The number of benzene rings is 1. The van der Waals surface area contributed by atoms with Crippen LogP contribution in [0, 0.1) is 11.7 Å². The predicted molar refractivity (Wildman–Crippen MR) is 73.0 cm³/mol. The topological polar surface area (TPSA) is 95.1 Å². The molecule has 8 heteroatoms. The molecule has 1 aromatic rings. The fourth-order valence-electron chi connectivity index (χ4n) is 2.07. The lowest BCUT2D eigenvalue weighted by molar-refractivity contribution is -0.117. The third kappa shape index (κ3) is 2.80. The quantitative estimate of drug-likeness (QED) is 0.400. The summed E-state index contributed by atoms with van der Waals surface area (Å²) in [6.07, 6.45) is 0.299. The molecular weight excluding hydrogens is 317 g/mol. The number of halogens is 2. The minimum Gasteiger partial charge on any atom is -0.397 e. The monoisotopic (exact) mass is 327 g/mol. The zero-order valence-electron chi connectivity index (χ0n) is 9.88. The molecule has 0 spiro atoms. The van der Waals surface area contributed by atoms with Crippen LogP contribution in [0.1, 0.15) is 6.42 Å². The van der Waals surface area contributed by atoms with Crippen LogP contribution in [0.2, 0.25) is 0 Å². The second kappa shape index (κ2) is 5.46. The zero-order valence-corrected chi connectivity index (χ0v) is 11.5. The predicted octanol–water partition coefficient (Wildman–Crippen LogP) is 2.83. The summed E-state index contributed by atoms with van der Waals surface area (Å²) in [6.45, 7) is 0.682. The summed E-state index contributed by atoms with van der Waals surface area (Å²) in [5, 5.41) is 3.47. The van der Waals surface area contributed by atoms with Crippen LogP contribution >= 0.6 is 15.9 Å². The molecule has 0 aliphatic carbocycles. The van der Waals surface area contributed by atoms with E-state index in [2.05, 4.69) is 26.0 Å². The first-order chi connectivity index (χ1) is 9.02. The van der Waals surface area contributed by atoms with Gasteiger partial charge in [-0.1, -0.05) is 5.11 Å². The van der Waals surface area contributed by atoms with Gasteiger partial charge >= 0.3 is 0 Å². The van der Waals surface area contributed by atoms with Gasteiger partial charge in [0.25, 0.3) is 0 Å². The normalized spacial score (nSPS) is 18.5. The molecule has 0 saturated carbocycles. The largest absolute Gasteiger partial charge is 0.397 e. The van der Waals surface area contributed by atoms with E-state index in [9.17, 15) is 9.18 Å². The maximum absolute atomic E-state index is 13.3. The summed E-state index contributed by atoms with van der Waals surface area (Å²) < 4.78 is 13.6. The van der Waals surface area contributed by atoms with Crippen molar-refractivity contribution in [1.29, 1.82) is 0 Å². The number of azide groups is 1. The van der Waals surface area contributed by atoms with Crippen LogP contribution in [0.4, 0.5) is 15.8 Å². The van der Waals surface area contributed by atoms with Gasteiger partial charge in [-0.25, -0.2) is 4.39 Å². The summed E-state index contributed by atoms with van der Waals surface area (Å²) >= 11 is 3.07. The Morgan fingerprint density at radius 2 is 2.37 bits per heavy atom. The van der Waals surface area contributed by atoms with Crippen LogP contribution in [0.15, 0.2) is 21.7 Å². The second-order valence-electron chi connectivity index (χ2n) is 4.31. The van der Waals surface area contributed by atoms with Gasteiger partial charge in [0.2, 0.25) is 5.91 Å². The van der Waals surface area contributed by atoms with Gasteiger partial charge in [0.05, 0.1) is 15.8 Å². The molecule has 0 aromatic heterocycles. The van der Waals surface area contributed by atoms with Gasteiger partial charge in [-0.3, -0.25) is 4.79 Å². The smallest absolute Gasteiger partial charge is 0.227 e. The average molecular weight is 328 g/mol. The standard InChI is InChI=1S/C11H11BrFN5O/c12-7-2-10(9(14)3-8(7)13)18-5-6(1-11(18)19)4-16-17-15/h2-3,6H,1,4-5,14H2. The fourth-order valence-corrected chi connectivity index (χ4v) is 2.41. The summed E-state index contributed by atoms with van der Waals surface area (Å²) in [5.41, 5.74) is 14.7.